The van der Waals surface area contributed by atoms with E-state index in [4.69, 9.17) is 4.42 Å². The molecule has 3 nitrogen and oxygen atoms in total. The van der Waals surface area contributed by atoms with E-state index in [0.717, 1.165) is 16.0 Å². The fourth-order valence-electron chi connectivity index (χ4n) is 3.88. The number of hydrogen-bond acceptors (Lipinski definition) is 4. The Balaban J connectivity index is 2.04. The fraction of sp³-hybridized carbons (Fsp3) is 0.435. The molecular formula is C23H29NO2S. The molecule has 0 aliphatic rings. The van der Waals surface area contributed by atoms with Gasteiger partial charge in [0.1, 0.15) is 5.58 Å². The van der Waals surface area contributed by atoms with Gasteiger partial charge in [-0.05, 0) is 56.3 Å². The maximum Gasteiger partial charge on any atom is 0.345 e. The molecule has 2 heterocycles. The summed E-state index contributed by atoms with van der Waals surface area (Å²) in [4.78, 5) is 15.9. The predicted molar refractivity (Wildman–Crippen MR) is 117 cm³/mol. The van der Waals surface area contributed by atoms with Crippen molar-refractivity contribution in [2.75, 3.05) is 4.90 Å². The molecule has 0 aliphatic carbocycles. The van der Waals surface area contributed by atoms with Crippen LogP contribution in [0.15, 0.2) is 51.0 Å². The molecule has 3 aromatic rings. The van der Waals surface area contributed by atoms with E-state index in [9.17, 15) is 4.79 Å². The topological polar surface area (TPSA) is 33.5 Å². The second-order valence-electron chi connectivity index (χ2n) is 7.38. The molecule has 4 heteroatoms. The van der Waals surface area contributed by atoms with Crippen molar-refractivity contribution in [1.29, 1.82) is 0 Å². The second kappa shape index (κ2) is 8.75. The van der Waals surface area contributed by atoms with Crippen molar-refractivity contribution in [3.63, 3.8) is 0 Å². The largest absolute Gasteiger partial charge is 0.422 e. The van der Waals surface area contributed by atoms with E-state index >= 15 is 0 Å². The van der Waals surface area contributed by atoms with Gasteiger partial charge in [-0.15, -0.1) is 11.3 Å². The molecule has 1 aromatic carbocycles. The third kappa shape index (κ3) is 4.27. The van der Waals surface area contributed by atoms with Crippen molar-refractivity contribution in [1.82, 2.24) is 0 Å². The van der Waals surface area contributed by atoms with Crippen LogP contribution in [0.25, 0.3) is 21.4 Å². The highest BCUT2D eigenvalue weighted by molar-refractivity contribution is 7.13. The van der Waals surface area contributed by atoms with Crippen LogP contribution in [0, 0.1) is 0 Å². The van der Waals surface area contributed by atoms with E-state index in [0.29, 0.717) is 23.2 Å². The first-order valence-electron chi connectivity index (χ1n) is 9.95. The standard InChI is InChI=1S/C23H29NO2S/c1-5-8-18(9-6-2)24(16(3)4)19-12-11-17-14-20(22-10-7-13-27-22)23(25)26-21(17)15-19/h7,10-16,18H,5-6,8-9H2,1-4H3. The molecule has 0 radical (unpaired) electrons. The van der Waals surface area contributed by atoms with Gasteiger partial charge in [-0.1, -0.05) is 32.8 Å². The summed E-state index contributed by atoms with van der Waals surface area (Å²) in [5, 5.41) is 2.94. The van der Waals surface area contributed by atoms with Gasteiger partial charge in [-0.2, -0.15) is 0 Å². The lowest BCUT2D eigenvalue weighted by atomic mass is 10.0. The van der Waals surface area contributed by atoms with E-state index in [1.807, 2.05) is 29.6 Å². The Bertz CT molecular complexity index is 921. The minimum atomic E-state index is -0.267. The average molecular weight is 384 g/mol. The smallest absolute Gasteiger partial charge is 0.345 e. The summed E-state index contributed by atoms with van der Waals surface area (Å²) in [5.41, 5.74) is 2.17. The molecule has 0 atom stereocenters. The molecule has 0 aliphatic heterocycles. The van der Waals surface area contributed by atoms with E-state index in [2.05, 4.69) is 44.7 Å². The third-order valence-electron chi connectivity index (χ3n) is 5.00. The lowest BCUT2D eigenvalue weighted by Crippen LogP contribution is -2.40. The van der Waals surface area contributed by atoms with Gasteiger partial charge < -0.3 is 9.32 Å². The lowest BCUT2D eigenvalue weighted by molar-refractivity contribution is 0.474. The first-order chi connectivity index (χ1) is 13.0. The normalized spacial score (nSPS) is 11.6. The van der Waals surface area contributed by atoms with Gasteiger partial charge in [0.05, 0.1) is 5.56 Å². The highest BCUT2D eigenvalue weighted by atomic mass is 32.1. The number of hydrogen-bond donors (Lipinski definition) is 0. The number of fused-ring (bicyclic) bond motifs is 1. The van der Waals surface area contributed by atoms with Gasteiger partial charge in [0.2, 0.25) is 0 Å². The molecule has 0 amide bonds. The van der Waals surface area contributed by atoms with Gasteiger partial charge in [-0.25, -0.2) is 4.79 Å². The predicted octanol–water partition coefficient (Wildman–Crippen LogP) is 6.71. The summed E-state index contributed by atoms with van der Waals surface area (Å²) < 4.78 is 5.71. The van der Waals surface area contributed by atoms with Crippen molar-refractivity contribution in [2.45, 2.75) is 65.5 Å². The van der Waals surface area contributed by atoms with Crippen LogP contribution >= 0.6 is 11.3 Å². The Morgan fingerprint density at radius 3 is 2.41 bits per heavy atom. The van der Waals surface area contributed by atoms with Crippen molar-refractivity contribution >= 4 is 28.0 Å². The van der Waals surface area contributed by atoms with Gasteiger partial charge in [-0.3, -0.25) is 0 Å². The Kier molecular flexibility index (Phi) is 6.38. The zero-order chi connectivity index (χ0) is 19.4. The van der Waals surface area contributed by atoms with Crippen LogP contribution in [0.2, 0.25) is 0 Å². The summed E-state index contributed by atoms with van der Waals surface area (Å²) in [6.07, 6.45) is 4.68. The Labute approximate surface area is 165 Å². The van der Waals surface area contributed by atoms with E-state index in [1.54, 1.807) is 11.3 Å². The molecule has 0 fully saturated rings. The maximum absolute atomic E-state index is 12.5. The zero-order valence-corrected chi connectivity index (χ0v) is 17.5. The number of anilines is 1. The summed E-state index contributed by atoms with van der Waals surface area (Å²) in [6.45, 7) is 8.95. The summed E-state index contributed by atoms with van der Waals surface area (Å²) >= 11 is 1.56. The molecule has 0 saturated carbocycles. The van der Waals surface area contributed by atoms with Crippen molar-refractivity contribution in [3.05, 3.63) is 52.2 Å². The van der Waals surface area contributed by atoms with Crippen LogP contribution in [0.4, 0.5) is 5.69 Å². The summed E-state index contributed by atoms with van der Waals surface area (Å²) in [5.74, 6) is 0. The molecular weight excluding hydrogens is 354 g/mol. The molecule has 144 valence electrons. The molecule has 2 aromatic heterocycles. The van der Waals surface area contributed by atoms with Crippen molar-refractivity contribution in [3.8, 4) is 10.4 Å². The zero-order valence-electron chi connectivity index (χ0n) is 16.7. The highest BCUT2D eigenvalue weighted by Crippen LogP contribution is 2.30. The Morgan fingerprint density at radius 2 is 1.81 bits per heavy atom. The van der Waals surface area contributed by atoms with Crippen molar-refractivity contribution in [2.24, 2.45) is 0 Å². The minimum Gasteiger partial charge on any atom is -0.422 e. The van der Waals surface area contributed by atoms with Gasteiger partial charge >= 0.3 is 5.63 Å². The van der Waals surface area contributed by atoms with Crippen molar-refractivity contribution < 1.29 is 4.42 Å². The SMILES string of the molecule is CCCC(CCC)N(c1ccc2cc(-c3cccs3)c(=O)oc2c1)C(C)C. The number of thiophene rings is 1. The lowest BCUT2D eigenvalue weighted by Gasteiger charge is -2.37. The van der Waals surface area contributed by atoms with E-state index in [-0.39, 0.29) is 5.63 Å². The monoisotopic (exact) mass is 383 g/mol. The minimum absolute atomic E-state index is 0.267. The Morgan fingerprint density at radius 1 is 1.07 bits per heavy atom. The van der Waals surface area contributed by atoms with Crippen LogP contribution in [-0.2, 0) is 0 Å². The van der Waals surface area contributed by atoms with Crippen LogP contribution in [-0.4, -0.2) is 12.1 Å². The highest BCUT2D eigenvalue weighted by Gasteiger charge is 2.21. The molecule has 0 saturated heterocycles. The molecule has 3 rings (SSSR count). The van der Waals surface area contributed by atoms with Crippen LogP contribution in [0.3, 0.4) is 0 Å². The molecule has 0 unspecified atom stereocenters. The maximum atomic E-state index is 12.5. The number of nitrogens with zero attached hydrogens (tertiary/aromatic N) is 1. The third-order valence-corrected chi connectivity index (χ3v) is 5.90. The molecule has 27 heavy (non-hydrogen) atoms. The van der Waals surface area contributed by atoms with Gasteiger partial charge in [0, 0.05) is 34.1 Å². The van der Waals surface area contributed by atoms with Gasteiger partial charge in [0.15, 0.2) is 0 Å². The van der Waals surface area contributed by atoms with Crippen LogP contribution < -0.4 is 10.5 Å². The summed E-state index contributed by atoms with van der Waals surface area (Å²) in [7, 11) is 0. The number of rotatable bonds is 8. The van der Waals surface area contributed by atoms with Crippen LogP contribution in [0.5, 0.6) is 0 Å². The average Bonchev–Trinajstić information content (AvgIpc) is 3.15. The summed E-state index contributed by atoms with van der Waals surface area (Å²) in [6, 6.07) is 13.0. The van der Waals surface area contributed by atoms with Gasteiger partial charge in [0.25, 0.3) is 0 Å². The second-order valence-corrected chi connectivity index (χ2v) is 8.33. The van der Waals surface area contributed by atoms with Crippen LogP contribution in [0.1, 0.15) is 53.4 Å². The fourth-order valence-corrected chi connectivity index (χ4v) is 4.61. The number of benzene rings is 1. The Hall–Kier alpha value is -2.07. The molecule has 0 spiro atoms. The first kappa shape index (κ1) is 19.7. The first-order valence-corrected chi connectivity index (χ1v) is 10.8. The molecule has 0 N–H and O–H groups in total. The molecule has 0 bridgehead atoms. The van der Waals surface area contributed by atoms with E-state index < -0.39 is 0 Å². The van der Waals surface area contributed by atoms with E-state index in [1.165, 1.54) is 25.7 Å². The quantitative estimate of drug-likeness (QED) is 0.406.